The van der Waals surface area contributed by atoms with Crippen molar-refractivity contribution in [2.24, 2.45) is 0 Å². The summed E-state index contributed by atoms with van der Waals surface area (Å²) in [6.45, 7) is 8.19. The fraction of sp³-hybridized carbons (Fsp3) is 0.464. The number of aromatic nitrogens is 5. The smallest absolute Gasteiger partial charge is 0.182 e. The van der Waals surface area contributed by atoms with E-state index in [1.807, 2.05) is 16.9 Å². The van der Waals surface area contributed by atoms with Gasteiger partial charge in [0.1, 0.15) is 11.3 Å². The van der Waals surface area contributed by atoms with Crippen LogP contribution in [-0.4, -0.2) is 100 Å². The maximum Gasteiger partial charge on any atom is 0.182 e. The zero-order chi connectivity index (χ0) is 26.6. The molecular weight excluding hydrogens is 496 g/mol. The number of anilines is 1. The first-order valence-electron chi connectivity index (χ1n) is 13.2. The first-order valence-corrected chi connectivity index (χ1v) is 14.1. The van der Waals surface area contributed by atoms with Crippen LogP contribution in [0.4, 0.5) is 5.69 Å². The number of pyridine rings is 1. The molecule has 0 radical (unpaired) electrons. The molecule has 1 N–H and O–H groups in total. The lowest BCUT2D eigenvalue weighted by molar-refractivity contribution is 0.123. The molecule has 202 valence electrons. The fourth-order valence-electron chi connectivity index (χ4n) is 5.25. The van der Waals surface area contributed by atoms with Crippen LogP contribution < -0.4 is 4.90 Å². The van der Waals surface area contributed by atoms with Gasteiger partial charge < -0.3 is 19.5 Å². The van der Waals surface area contributed by atoms with Crippen molar-refractivity contribution in [1.29, 1.82) is 0 Å². The Morgan fingerprint density at radius 3 is 2.63 bits per heavy atom. The van der Waals surface area contributed by atoms with Gasteiger partial charge in [0.25, 0.3) is 0 Å². The molecule has 0 bridgehead atoms. The molecule has 0 aliphatic carbocycles. The molecule has 0 spiro atoms. The third kappa shape index (κ3) is 5.73. The molecule has 6 rings (SSSR count). The average molecular weight is 535 g/mol. The largest absolute Gasteiger partial charge is 0.378 e. The molecule has 9 nitrogen and oxygen atoms in total. The SMILES string of the molecule is CS.Cc1cccc(-c2ccn(-c3cc(N4CCOCC4)c4[nH]c(CN5CCC(N(C)C)C5)nc4n3)n2)c1. The van der Waals surface area contributed by atoms with Crippen LogP contribution in [0.25, 0.3) is 28.2 Å². The standard InChI is InChI=1S/C27H34N8O.CH4S/c1-19-5-4-6-20(15-19)22-8-10-35(31-22)25-16-23(34-11-13-36-14-12-34)26-27(30-25)29-24(28-26)18-33-9-7-21(17-33)32(2)3;1-2/h4-6,8,10,15-16,21H,7,9,11-14,17-18H2,1-3H3,(H,28,29,30);2H,1H3. The molecule has 1 unspecified atom stereocenters. The summed E-state index contributed by atoms with van der Waals surface area (Å²) < 4.78 is 7.48. The lowest BCUT2D eigenvalue weighted by Crippen LogP contribution is -2.36. The van der Waals surface area contributed by atoms with Gasteiger partial charge in [-0.1, -0.05) is 23.8 Å². The normalized spacial score (nSPS) is 18.3. The van der Waals surface area contributed by atoms with Crippen LogP contribution >= 0.6 is 12.6 Å². The van der Waals surface area contributed by atoms with Crippen molar-refractivity contribution in [3.8, 4) is 17.1 Å². The third-order valence-electron chi connectivity index (χ3n) is 7.32. The van der Waals surface area contributed by atoms with Crippen molar-refractivity contribution in [1.82, 2.24) is 34.5 Å². The van der Waals surface area contributed by atoms with Crippen molar-refractivity contribution in [3.05, 3.63) is 54.0 Å². The van der Waals surface area contributed by atoms with Gasteiger partial charge in [-0.05, 0) is 45.8 Å². The topological polar surface area (TPSA) is 78.3 Å². The molecule has 2 saturated heterocycles. The number of thiol groups is 1. The predicted molar refractivity (Wildman–Crippen MR) is 156 cm³/mol. The van der Waals surface area contributed by atoms with Gasteiger partial charge in [0.05, 0.1) is 31.1 Å². The number of hydrogen-bond donors (Lipinski definition) is 2. The maximum absolute atomic E-state index is 5.62. The number of likely N-dealkylation sites (tertiary alicyclic amines) is 1. The lowest BCUT2D eigenvalue weighted by atomic mass is 10.1. The second kappa shape index (κ2) is 11.9. The highest BCUT2D eigenvalue weighted by molar-refractivity contribution is 7.79. The Balaban J connectivity index is 0.00000144. The summed E-state index contributed by atoms with van der Waals surface area (Å²) in [5, 5.41) is 4.86. The average Bonchev–Trinajstić information content (AvgIpc) is 3.70. The quantitative estimate of drug-likeness (QED) is 0.366. The van der Waals surface area contributed by atoms with Crippen LogP contribution in [0.3, 0.4) is 0 Å². The van der Waals surface area contributed by atoms with Gasteiger partial charge in [0.2, 0.25) is 0 Å². The molecule has 1 aromatic carbocycles. The fourth-order valence-corrected chi connectivity index (χ4v) is 5.25. The van der Waals surface area contributed by atoms with Crippen LogP contribution in [0.15, 0.2) is 42.6 Å². The molecule has 0 amide bonds. The number of likely N-dealkylation sites (N-methyl/N-ethyl adjacent to an activating group) is 1. The zero-order valence-electron chi connectivity index (χ0n) is 22.8. The van der Waals surface area contributed by atoms with E-state index in [1.165, 1.54) is 12.0 Å². The molecular formula is C28H38N8OS. The van der Waals surface area contributed by atoms with E-state index in [0.717, 1.165) is 85.7 Å². The molecule has 5 heterocycles. The number of benzene rings is 1. The minimum Gasteiger partial charge on any atom is -0.378 e. The molecule has 10 heteroatoms. The number of morpholine rings is 1. The summed E-state index contributed by atoms with van der Waals surface area (Å²) in [7, 11) is 4.32. The molecule has 3 aromatic heterocycles. The number of aromatic amines is 1. The number of ether oxygens (including phenoxy) is 1. The Morgan fingerprint density at radius 1 is 1.08 bits per heavy atom. The van der Waals surface area contributed by atoms with Gasteiger partial charge in [0.15, 0.2) is 11.5 Å². The van der Waals surface area contributed by atoms with Gasteiger partial charge in [-0.15, -0.1) is 0 Å². The number of fused-ring (bicyclic) bond motifs is 1. The first-order chi connectivity index (χ1) is 18.5. The van der Waals surface area contributed by atoms with E-state index in [4.69, 9.17) is 19.8 Å². The summed E-state index contributed by atoms with van der Waals surface area (Å²) in [5.41, 5.74) is 6.09. The van der Waals surface area contributed by atoms with Crippen LogP contribution in [0.2, 0.25) is 0 Å². The van der Waals surface area contributed by atoms with Crippen molar-refractivity contribution >= 4 is 29.5 Å². The lowest BCUT2D eigenvalue weighted by Gasteiger charge is -2.29. The summed E-state index contributed by atoms with van der Waals surface area (Å²) in [6.07, 6.45) is 4.87. The Hall–Kier alpha value is -2.92. The van der Waals surface area contributed by atoms with Crippen LogP contribution in [0.1, 0.15) is 17.8 Å². The predicted octanol–water partition coefficient (Wildman–Crippen LogP) is 3.64. The minimum atomic E-state index is 0.602. The Labute approximate surface area is 230 Å². The Kier molecular flexibility index (Phi) is 8.32. The van der Waals surface area contributed by atoms with Gasteiger partial charge in [-0.25, -0.2) is 14.6 Å². The number of nitrogens with one attached hydrogen (secondary N) is 1. The maximum atomic E-state index is 5.62. The molecule has 1 atom stereocenters. The van der Waals surface area contributed by atoms with Crippen molar-refractivity contribution < 1.29 is 4.74 Å². The molecule has 38 heavy (non-hydrogen) atoms. The number of hydrogen-bond acceptors (Lipinski definition) is 8. The van der Waals surface area contributed by atoms with Gasteiger partial charge in [-0.2, -0.15) is 17.7 Å². The zero-order valence-corrected chi connectivity index (χ0v) is 23.7. The number of nitrogens with zero attached hydrogens (tertiary/aromatic N) is 7. The Bertz CT molecular complexity index is 1360. The van der Waals surface area contributed by atoms with Gasteiger partial charge >= 0.3 is 0 Å². The molecule has 4 aromatic rings. The van der Waals surface area contributed by atoms with Crippen molar-refractivity contribution in [2.75, 3.05) is 64.6 Å². The summed E-state index contributed by atoms with van der Waals surface area (Å²) in [5.74, 6) is 1.74. The highest BCUT2D eigenvalue weighted by atomic mass is 32.1. The van der Waals surface area contributed by atoms with Crippen LogP contribution in [0.5, 0.6) is 0 Å². The van der Waals surface area contributed by atoms with Crippen LogP contribution in [0, 0.1) is 6.92 Å². The van der Waals surface area contributed by atoms with E-state index in [2.05, 4.69) is 83.7 Å². The summed E-state index contributed by atoms with van der Waals surface area (Å²) in [6, 6.07) is 13.2. The van der Waals surface area contributed by atoms with E-state index >= 15 is 0 Å². The number of rotatable bonds is 6. The first kappa shape index (κ1) is 26.7. The molecule has 2 fully saturated rings. The highest BCUT2D eigenvalue weighted by Gasteiger charge is 2.25. The summed E-state index contributed by atoms with van der Waals surface area (Å²) >= 11 is 3.53. The number of aryl methyl sites for hydroxylation is 1. The molecule has 2 aliphatic heterocycles. The second-order valence-corrected chi connectivity index (χ2v) is 10.1. The Morgan fingerprint density at radius 2 is 1.89 bits per heavy atom. The van der Waals surface area contributed by atoms with E-state index in [0.29, 0.717) is 6.04 Å². The molecule has 2 aliphatic rings. The van der Waals surface area contributed by atoms with Gasteiger partial charge in [-0.3, -0.25) is 4.90 Å². The van der Waals surface area contributed by atoms with E-state index in [1.54, 1.807) is 6.26 Å². The van der Waals surface area contributed by atoms with Crippen molar-refractivity contribution in [3.63, 3.8) is 0 Å². The summed E-state index contributed by atoms with van der Waals surface area (Å²) in [4.78, 5) is 20.6. The number of H-pyrrole nitrogens is 1. The van der Waals surface area contributed by atoms with E-state index < -0.39 is 0 Å². The second-order valence-electron chi connectivity index (χ2n) is 10.1. The third-order valence-corrected chi connectivity index (χ3v) is 7.32. The molecule has 0 saturated carbocycles. The van der Waals surface area contributed by atoms with Crippen LogP contribution in [-0.2, 0) is 11.3 Å². The number of imidazole rings is 1. The highest BCUT2D eigenvalue weighted by Crippen LogP contribution is 2.29. The monoisotopic (exact) mass is 534 g/mol. The van der Waals surface area contributed by atoms with E-state index in [9.17, 15) is 0 Å². The van der Waals surface area contributed by atoms with Gasteiger partial charge in [0, 0.05) is 50.0 Å². The van der Waals surface area contributed by atoms with E-state index in [-0.39, 0.29) is 0 Å². The minimum absolute atomic E-state index is 0.602. The van der Waals surface area contributed by atoms with Crippen molar-refractivity contribution in [2.45, 2.75) is 25.9 Å².